The molecular formula is C20H34N4O. The summed E-state index contributed by atoms with van der Waals surface area (Å²) >= 11 is 0. The van der Waals surface area contributed by atoms with Gasteiger partial charge in [0, 0.05) is 38.0 Å². The molecule has 1 aromatic rings. The predicted octanol–water partition coefficient (Wildman–Crippen LogP) is 2.61. The van der Waals surface area contributed by atoms with Crippen molar-refractivity contribution < 1.29 is 4.79 Å². The third-order valence-electron chi connectivity index (χ3n) is 4.16. The fraction of sp³-hybridized carbons (Fsp3) is 0.600. The molecule has 140 valence electrons. The molecule has 0 radical (unpaired) electrons. The van der Waals surface area contributed by atoms with E-state index in [1.807, 2.05) is 13.8 Å². The zero-order valence-corrected chi connectivity index (χ0v) is 16.6. The molecule has 0 aliphatic rings. The van der Waals surface area contributed by atoms with Crippen molar-refractivity contribution in [2.45, 2.75) is 58.9 Å². The molecular weight excluding hydrogens is 312 g/mol. The van der Waals surface area contributed by atoms with Gasteiger partial charge in [0.1, 0.15) is 0 Å². The summed E-state index contributed by atoms with van der Waals surface area (Å²) in [5.74, 6) is 0.768. The Morgan fingerprint density at radius 3 is 2.32 bits per heavy atom. The highest BCUT2D eigenvalue weighted by Gasteiger charge is 2.20. The van der Waals surface area contributed by atoms with Crippen molar-refractivity contribution in [2.24, 2.45) is 4.99 Å². The van der Waals surface area contributed by atoms with Gasteiger partial charge in [0.15, 0.2) is 5.96 Å². The number of aryl methyl sites for hydroxylation is 1. The van der Waals surface area contributed by atoms with E-state index in [2.05, 4.69) is 66.0 Å². The molecule has 0 aliphatic heterocycles. The van der Waals surface area contributed by atoms with Crippen molar-refractivity contribution >= 4 is 11.9 Å². The van der Waals surface area contributed by atoms with Crippen LogP contribution >= 0.6 is 0 Å². The minimum absolute atomic E-state index is 0.0150. The van der Waals surface area contributed by atoms with Crippen LogP contribution in [0.15, 0.2) is 29.3 Å². The summed E-state index contributed by atoms with van der Waals surface area (Å²) in [6.45, 7) is 11.8. The minimum Gasteiger partial charge on any atom is -0.356 e. The maximum atomic E-state index is 11.7. The second kappa shape index (κ2) is 10.1. The van der Waals surface area contributed by atoms with E-state index in [0.717, 1.165) is 18.9 Å². The van der Waals surface area contributed by atoms with Gasteiger partial charge in [0.2, 0.25) is 5.91 Å². The second-order valence-corrected chi connectivity index (χ2v) is 7.26. The van der Waals surface area contributed by atoms with Crippen molar-refractivity contribution in [3.8, 4) is 0 Å². The summed E-state index contributed by atoms with van der Waals surface area (Å²) < 4.78 is 0. The van der Waals surface area contributed by atoms with Crippen LogP contribution in [-0.4, -0.2) is 38.0 Å². The topological polar surface area (TPSA) is 65.5 Å². The summed E-state index contributed by atoms with van der Waals surface area (Å²) in [7, 11) is 1.74. The third-order valence-corrected chi connectivity index (χ3v) is 4.16. The van der Waals surface area contributed by atoms with Gasteiger partial charge in [-0.15, -0.1) is 0 Å². The number of nitrogens with zero attached hydrogens (tertiary/aromatic N) is 1. The van der Waals surface area contributed by atoms with Crippen molar-refractivity contribution in [2.75, 3.05) is 20.1 Å². The molecule has 1 aromatic carbocycles. The molecule has 0 bridgehead atoms. The van der Waals surface area contributed by atoms with E-state index in [1.165, 1.54) is 11.1 Å². The van der Waals surface area contributed by atoms with Crippen LogP contribution < -0.4 is 16.0 Å². The molecule has 5 heteroatoms. The first-order valence-electron chi connectivity index (χ1n) is 9.11. The van der Waals surface area contributed by atoms with Crippen LogP contribution in [0.5, 0.6) is 0 Å². The van der Waals surface area contributed by atoms with Gasteiger partial charge in [-0.3, -0.25) is 9.79 Å². The highest BCUT2D eigenvalue weighted by atomic mass is 16.1. The number of hydrogen-bond acceptors (Lipinski definition) is 2. The lowest BCUT2D eigenvalue weighted by molar-refractivity contribution is -0.121. The normalized spacial score (nSPS) is 12.2. The first-order chi connectivity index (χ1) is 11.8. The summed E-state index contributed by atoms with van der Waals surface area (Å²) in [5.41, 5.74) is 2.63. The average Bonchev–Trinajstić information content (AvgIpc) is 2.57. The molecule has 0 fully saturated rings. The van der Waals surface area contributed by atoms with E-state index in [4.69, 9.17) is 0 Å². The maximum absolute atomic E-state index is 11.7. The van der Waals surface area contributed by atoms with Crippen LogP contribution in [0.2, 0.25) is 0 Å². The first-order valence-corrected chi connectivity index (χ1v) is 9.11. The largest absolute Gasteiger partial charge is 0.356 e. The van der Waals surface area contributed by atoms with Crippen molar-refractivity contribution in [3.63, 3.8) is 0 Å². The highest BCUT2D eigenvalue weighted by molar-refractivity contribution is 5.81. The number of hydrogen-bond donors (Lipinski definition) is 3. The molecule has 0 spiro atoms. The predicted molar refractivity (Wildman–Crippen MR) is 106 cm³/mol. The van der Waals surface area contributed by atoms with Crippen LogP contribution in [0.25, 0.3) is 0 Å². The van der Waals surface area contributed by atoms with Crippen molar-refractivity contribution in [1.29, 1.82) is 0 Å². The number of guanidine groups is 1. The van der Waals surface area contributed by atoms with Crippen LogP contribution in [-0.2, 0) is 16.6 Å². The Bertz CT molecular complexity index is 562. The van der Waals surface area contributed by atoms with E-state index in [1.54, 1.807) is 7.05 Å². The fourth-order valence-corrected chi connectivity index (χ4v) is 2.51. The molecule has 0 heterocycles. The lowest BCUT2D eigenvalue weighted by atomic mass is 9.84. The van der Waals surface area contributed by atoms with E-state index >= 15 is 0 Å². The zero-order valence-electron chi connectivity index (χ0n) is 16.6. The number of carbonyl (C=O) groups excluding carboxylic acids is 1. The smallest absolute Gasteiger partial charge is 0.221 e. The number of benzene rings is 1. The van der Waals surface area contributed by atoms with Gasteiger partial charge in [-0.1, -0.05) is 45.0 Å². The van der Waals surface area contributed by atoms with Crippen LogP contribution in [0, 0.1) is 0 Å². The molecule has 25 heavy (non-hydrogen) atoms. The van der Waals surface area contributed by atoms with Crippen molar-refractivity contribution in [3.05, 3.63) is 35.4 Å². The van der Waals surface area contributed by atoms with Gasteiger partial charge in [-0.05, 0) is 31.4 Å². The quantitative estimate of drug-likeness (QED) is 0.501. The molecule has 5 nitrogen and oxygen atoms in total. The number of aliphatic imine (C=N–C) groups is 1. The molecule has 1 rings (SSSR count). The Balaban J connectivity index is 2.48. The van der Waals surface area contributed by atoms with Gasteiger partial charge in [0.25, 0.3) is 0 Å². The number of amides is 1. The summed E-state index contributed by atoms with van der Waals surface area (Å²) in [5, 5.41) is 9.43. The van der Waals surface area contributed by atoms with E-state index < -0.39 is 0 Å². The second-order valence-electron chi connectivity index (χ2n) is 7.26. The lowest BCUT2D eigenvalue weighted by Gasteiger charge is -2.27. The monoisotopic (exact) mass is 346 g/mol. The van der Waals surface area contributed by atoms with Crippen molar-refractivity contribution in [1.82, 2.24) is 16.0 Å². The first kappa shape index (κ1) is 21.0. The summed E-state index contributed by atoms with van der Waals surface area (Å²) in [4.78, 5) is 15.9. The Labute approximate surface area is 152 Å². The Kier molecular flexibility index (Phi) is 8.46. The maximum Gasteiger partial charge on any atom is 0.221 e. The van der Waals surface area contributed by atoms with Gasteiger partial charge >= 0.3 is 0 Å². The highest BCUT2D eigenvalue weighted by Crippen LogP contribution is 2.22. The summed E-state index contributed by atoms with van der Waals surface area (Å²) in [6, 6.07) is 8.96. The van der Waals surface area contributed by atoms with E-state index in [0.29, 0.717) is 13.0 Å². The Morgan fingerprint density at radius 1 is 1.16 bits per heavy atom. The zero-order chi connectivity index (χ0) is 18.9. The van der Waals surface area contributed by atoms with Gasteiger partial charge in [-0.25, -0.2) is 0 Å². The van der Waals surface area contributed by atoms with Gasteiger partial charge < -0.3 is 16.0 Å². The molecule has 0 aromatic heterocycles. The van der Waals surface area contributed by atoms with Crippen LogP contribution in [0.4, 0.5) is 0 Å². The lowest BCUT2D eigenvalue weighted by Crippen LogP contribution is -2.44. The molecule has 3 N–H and O–H groups in total. The molecule has 0 aliphatic carbocycles. The molecule has 1 amide bonds. The van der Waals surface area contributed by atoms with Crippen LogP contribution in [0.1, 0.15) is 52.2 Å². The fourth-order valence-electron chi connectivity index (χ4n) is 2.51. The molecule has 0 unspecified atom stereocenters. The molecule has 0 saturated heterocycles. The van der Waals surface area contributed by atoms with Crippen LogP contribution in [0.3, 0.4) is 0 Å². The number of rotatable bonds is 8. The van der Waals surface area contributed by atoms with Gasteiger partial charge in [0.05, 0.1) is 0 Å². The summed E-state index contributed by atoms with van der Waals surface area (Å²) in [6.07, 6.45) is 1.49. The molecule has 0 saturated carbocycles. The molecule has 0 atom stereocenters. The number of nitrogens with one attached hydrogen (secondary N) is 3. The Morgan fingerprint density at radius 2 is 1.80 bits per heavy atom. The van der Waals surface area contributed by atoms with Gasteiger partial charge in [-0.2, -0.15) is 0 Å². The third kappa shape index (κ3) is 7.59. The standard InChI is InChI=1S/C20H34N4O/c1-7-16-8-10-17(11-9-16)20(4,5)14-23-19(21-6)22-13-12-18(25)24-15(2)3/h8-11,15H,7,12-14H2,1-6H3,(H,24,25)(H2,21,22,23). The number of carbonyl (C=O) groups is 1. The van der Waals surface area contributed by atoms with E-state index in [-0.39, 0.29) is 17.4 Å². The minimum atomic E-state index is -0.0150. The van der Waals surface area contributed by atoms with E-state index in [9.17, 15) is 4.79 Å². The SMILES string of the molecule is CCc1ccc(C(C)(C)CNC(=NC)NCCC(=O)NC(C)C)cc1. The average molecular weight is 347 g/mol. The Hall–Kier alpha value is -2.04.